The molecule has 5 rings (SSSR count). The Balaban J connectivity index is 1.92. The van der Waals surface area contributed by atoms with Crippen LogP contribution in [0.2, 0.25) is 0 Å². The van der Waals surface area contributed by atoms with E-state index in [1.165, 1.54) is 5.56 Å². The molecule has 4 aromatic rings. The molecular formula is C29H27N3O3. The van der Waals surface area contributed by atoms with E-state index in [9.17, 15) is 10.1 Å². The number of hydrogen-bond acceptors (Lipinski definition) is 6. The third-order valence-electron chi connectivity index (χ3n) is 6.30. The molecule has 1 atom stereocenters. The monoisotopic (exact) mass is 465 g/mol. The Morgan fingerprint density at radius 1 is 1.20 bits per heavy atom. The van der Waals surface area contributed by atoms with E-state index >= 15 is 0 Å². The number of fused-ring (bicyclic) bond motifs is 1. The molecule has 0 saturated carbocycles. The topological polar surface area (TPSA) is 85.1 Å². The van der Waals surface area contributed by atoms with E-state index in [-0.39, 0.29) is 5.78 Å². The van der Waals surface area contributed by atoms with E-state index in [4.69, 9.17) is 14.5 Å². The molecule has 1 aliphatic heterocycles. The number of benzene rings is 2. The zero-order valence-electron chi connectivity index (χ0n) is 20.6. The Morgan fingerprint density at radius 3 is 2.71 bits per heavy atom. The van der Waals surface area contributed by atoms with Crippen LogP contribution in [0.4, 0.5) is 0 Å². The van der Waals surface area contributed by atoms with Gasteiger partial charge < -0.3 is 9.47 Å². The second-order valence-electron chi connectivity index (χ2n) is 9.98. The number of aromatic nitrogens is 2. The van der Waals surface area contributed by atoms with Gasteiger partial charge in [-0.1, -0.05) is 0 Å². The second-order valence-corrected chi connectivity index (χ2v) is 9.98. The molecule has 0 N–H and O–H groups in total. The highest BCUT2D eigenvalue weighted by Crippen LogP contribution is 2.44. The maximum absolute atomic E-state index is 13.0. The summed E-state index contributed by atoms with van der Waals surface area (Å²) in [5.41, 5.74) is 5.90. The summed E-state index contributed by atoms with van der Waals surface area (Å²) in [4.78, 5) is 22.3. The van der Waals surface area contributed by atoms with Crippen LogP contribution in [-0.2, 0) is 16.0 Å². The lowest BCUT2D eigenvalue weighted by molar-refractivity contribution is -0.138. The molecule has 1 aliphatic rings. The van der Waals surface area contributed by atoms with Crippen LogP contribution in [0.3, 0.4) is 0 Å². The van der Waals surface area contributed by atoms with Crippen molar-refractivity contribution in [3.8, 4) is 22.9 Å². The fourth-order valence-corrected chi connectivity index (χ4v) is 4.91. The van der Waals surface area contributed by atoms with Crippen LogP contribution >= 0.6 is 0 Å². The molecule has 0 radical (unpaired) electrons. The van der Waals surface area contributed by atoms with Gasteiger partial charge in [0.2, 0.25) is 0 Å². The van der Waals surface area contributed by atoms with E-state index in [2.05, 4.69) is 11.1 Å². The quantitative estimate of drug-likeness (QED) is 0.367. The maximum Gasteiger partial charge on any atom is 0.163 e. The van der Waals surface area contributed by atoms with Crippen molar-refractivity contribution in [3.05, 3.63) is 65.0 Å². The highest BCUT2D eigenvalue weighted by atomic mass is 16.5. The number of carbonyl (C=O) groups is 1. The van der Waals surface area contributed by atoms with Gasteiger partial charge in [-0.15, -0.1) is 0 Å². The molecule has 3 heterocycles. The first-order valence-corrected chi connectivity index (χ1v) is 11.7. The van der Waals surface area contributed by atoms with E-state index in [0.29, 0.717) is 17.8 Å². The van der Waals surface area contributed by atoms with Crippen LogP contribution in [0.25, 0.3) is 32.9 Å². The van der Waals surface area contributed by atoms with Crippen LogP contribution in [0.1, 0.15) is 56.2 Å². The number of carbonyl (C=O) groups excluding carboxylic acids is 1. The molecule has 6 nitrogen and oxygen atoms in total. The van der Waals surface area contributed by atoms with Crippen molar-refractivity contribution < 1.29 is 14.3 Å². The highest BCUT2D eigenvalue weighted by Gasteiger charge is 2.31. The summed E-state index contributed by atoms with van der Waals surface area (Å²) in [6.45, 7) is 9.99. The Labute approximate surface area is 204 Å². The van der Waals surface area contributed by atoms with Gasteiger partial charge in [0.25, 0.3) is 0 Å². The molecule has 2 aromatic carbocycles. The van der Waals surface area contributed by atoms with Crippen molar-refractivity contribution in [1.29, 1.82) is 5.26 Å². The minimum atomic E-state index is -0.771. The van der Waals surface area contributed by atoms with Crippen molar-refractivity contribution in [2.75, 3.05) is 6.61 Å². The van der Waals surface area contributed by atoms with Crippen LogP contribution < -0.4 is 4.74 Å². The van der Waals surface area contributed by atoms with Crippen molar-refractivity contribution in [1.82, 2.24) is 9.97 Å². The van der Waals surface area contributed by atoms with Gasteiger partial charge in [0, 0.05) is 29.0 Å². The highest BCUT2D eigenvalue weighted by molar-refractivity contribution is 6.08. The molecule has 176 valence electrons. The number of Topliss-reactive ketones (excluding diaryl/α,β-unsaturated/α-hetero) is 1. The van der Waals surface area contributed by atoms with Gasteiger partial charge in [0.15, 0.2) is 5.78 Å². The predicted octanol–water partition coefficient (Wildman–Crippen LogP) is 6.01. The standard InChI is InChI=1S/C29H27N3O3/c1-16-14-22-20(7-6-19(15-30)32-22)26(24(16)28(17(2)33)35-29(3,4)5)21-8-9-23-25-18(11-13-34-23)10-12-31-27(21)25/h6-10,12,14,28H,11,13H2,1-5H3/t28-/m1/s1. The van der Waals surface area contributed by atoms with Crippen molar-refractivity contribution in [2.24, 2.45) is 0 Å². The molecule has 2 aromatic heterocycles. The molecule has 6 heteroatoms. The lowest BCUT2D eigenvalue weighted by Crippen LogP contribution is -2.27. The van der Waals surface area contributed by atoms with Gasteiger partial charge in [-0.2, -0.15) is 5.26 Å². The summed E-state index contributed by atoms with van der Waals surface area (Å²) in [6, 6.07) is 13.7. The number of nitriles is 1. The third-order valence-corrected chi connectivity index (χ3v) is 6.30. The minimum Gasteiger partial charge on any atom is -0.493 e. The molecule has 0 unspecified atom stereocenters. The van der Waals surface area contributed by atoms with Gasteiger partial charge in [-0.05, 0) is 93.3 Å². The Morgan fingerprint density at radius 2 is 2.00 bits per heavy atom. The fourth-order valence-electron chi connectivity index (χ4n) is 4.91. The number of aryl methyl sites for hydroxylation is 1. The van der Waals surface area contributed by atoms with Crippen molar-refractivity contribution in [2.45, 2.75) is 52.7 Å². The lowest BCUT2D eigenvalue weighted by atomic mass is 9.85. The third kappa shape index (κ3) is 4.02. The fraction of sp³-hybridized carbons (Fsp3) is 0.310. The molecule has 0 fully saturated rings. The van der Waals surface area contributed by atoms with Gasteiger partial charge in [-0.3, -0.25) is 9.78 Å². The Hall–Kier alpha value is -3.82. The summed E-state index contributed by atoms with van der Waals surface area (Å²) in [5.74, 6) is 0.736. The van der Waals surface area contributed by atoms with E-state index < -0.39 is 11.7 Å². The first-order chi connectivity index (χ1) is 16.7. The largest absolute Gasteiger partial charge is 0.493 e. The SMILES string of the molecule is CC(=O)[C@@H](OC(C)(C)C)c1c(C)cc2nc(C#N)ccc2c1-c1ccc2c3c(ccnc13)CCO2. The van der Waals surface area contributed by atoms with Gasteiger partial charge in [0.05, 0.1) is 23.2 Å². The Bertz CT molecular complexity index is 1530. The number of pyridine rings is 2. The molecule has 0 aliphatic carbocycles. The normalized spacial score (nSPS) is 13.9. The molecule has 0 saturated heterocycles. The van der Waals surface area contributed by atoms with Crippen LogP contribution in [-0.4, -0.2) is 28.0 Å². The molecule has 0 bridgehead atoms. The van der Waals surface area contributed by atoms with Gasteiger partial charge in [-0.25, -0.2) is 4.98 Å². The zero-order valence-corrected chi connectivity index (χ0v) is 20.6. The van der Waals surface area contributed by atoms with Crippen molar-refractivity contribution >= 4 is 27.6 Å². The smallest absolute Gasteiger partial charge is 0.163 e. The van der Waals surface area contributed by atoms with Gasteiger partial charge >= 0.3 is 0 Å². The molecule has 0 spiro atoms. The minimum absolute atomic E-state index is 0.0794. The zero-order chi connectivity index (χ0) is 24.9. The van der Waals surface area contributed by atoms with Crippen molar-refractivity contribution in [3.63, 3.8) is 0 Å². The molecule has 0 amide bonds. The number of nitrogens with zero attached hydrogens (tertiary/aromatic N) is 3. The van der Waals surface area contributed by atoms with Gasteiger partial charge in [0.1, 0.15) is 23.6 Å². The average Bonchev–Trinajstić information content (AvgIpc) is 2.82. The first-order valence-electron chi connectivity index (χ1n) is 11.7. The summed E-state index contributed by atoms with van der Waals surface area (Å²) < 4.78 is 12.3. The molecular weight excluding hydrogens is 438 g/mol. The number of ketones is 1. The van der Waals surface area contributed by atoms with Crippen LogP contribution in [0.15, 0.2) is 42.6 Å². The summed E-state index contributed by atoms with van der Waals surface area (Å²) in [7, 11) is 0. The van der Waals surface area contributed by atoms with E-state index in [0.717, 1.165) is 50.7 Å². The van der Waals surface area contributed by atoms with E-state index in [1.54, 1.807) is 13.0 Å². The number of rotatable bonds is 4. The summed E-state index contributed by atoms with van der Waals surface area (Å²) >= 11 is 0. The molecule has 35 heavy (non-hydrogen) atoms. The Kier molecular flexibility index (Phi) is 5.53. The lowest BCUT2D eigenvalue weighted by Gasteiger charge is -2.30. The summed E-state index contributed by atoms with van der Waals surface area (Å²) in [5, 5.41) is 11.3. The first kappa shape index (κ1) is 22.9. The van der Waals surface area contributed by atoms with Crippen LogP contribution in [0, 0.1) is 18.3 Å². The number of hydrogen-bond donors (Lipinski definition) is 0. The average molecular weight is 466 g/mol. The predicted molar refractivity (Wildman–Crippen MR) is 135 cm³/mol. The van der Waals surface area contributed by atoms with E-state index in [1.807, 2.05) is 64.2 Å². The van der Waals surface area contributed by atoms with Crippen LogP contribution in [0.5, 0.6) is 5.75 Å². The number of ether oxygens (including phenoxy) is 2. The summed E-state index contributed by atoms with van der Waals surface area (Å²) in [6.07, 6.45) is 1.87. The maximum atomic E-state index is 13.0. The second kappa shape index (κ2) is 8.44.